The third kappa shape index (κ3) is 2.51. The summed E-state index contributed by atoms with van der Waals surface area (Å²) in [4.78, 5) is 11.7. The number of nitrogens with one attached hydrogen (secondary N) is 1. The number of nitrogens with two attached hydrogens (primary N) is 1. The highest BCUT2D eigenvalue weighted by atomic mass is 16.2. The third-order valence-electron chi connectivity index (χ3n) is 3.40. The van der Waals surface area contributed by atoms with E-state index in [-0.39, 0.29) is 5.91 Å². The molecule has 1 aliphatic carbocycles. The molecule has 5 nitrogen and oxygen atoms in total. The van der Waals surface area contributed by atoms with Gasteiger partial charge in [0.25, 0.3) is 0 Å². The normalized spacial score (nSPS) is 16.1. The van der Waals surface area contributed by atoms with Gasteiger partial charge in [-0.25, -0.2) is 4.68 Å². The SMILES string of the molecule is NC1(C(=O)NCc2ccc(-n3cccn3)cc2)CC1. The van der Waals surface area contributed by atoms with Crippen molar-refractivity contribution in [2.75, 3.05) is 0 Å². The number of carbonyl (C=O) groups excluding carboxylic acids is 1. The van der Waals surface area contributed by atoms with Crippen LogP contribution in [0.4, 0.5) is 0 Å². The van der Waals surface area contributed by atoms with E-state index in [1.807, 2.05) is 36.5 Å². The summed E-state index contributed by atoms with van der Waals surface area (Å²) in [5, 5.41) is 7.03. The Labute approximate surface area is 111 Å². The van der Waals surface area contributed by atoms with Gasteiger partial charge in [0.2, 0.25) is 5.91 Å². The van der Waals surface area contributed by atoms with Crippen molar-refractivity contribution in [1.82, 2.24) is 15.1 Å². The lowest BCUT2D eigenvalue weighted by molar-refractivity contribution is -0.123. The van der Waals surface area contributed by atoms with Crippen LogP contribution in [0.1, 0.15) is 18.4 Å². The average Bonchev–Trinajstić information content (AvgIpc) is 2.97. The summed E-state index contributed by atoms with van der Waals surface area (Å²) < 4.78 is 1.79. The van der Waals surface area contributed by atoms with Crippen LogP contribution in [0.2, 0.25) is 0 Å². The van der Waals surface area contributed by atoms with Crippen LogP contribution in [0.15, 0.2) is 42.7 Å². The first-order valence-corrected chi connectivity index (χ1v) is 6.34. The second kappa shape index (κ2) is 4.51. The number of benzene rings is 1. The Kier molecular flexibility index (Phi) is 2.83. The molecule has 0 atom stereocenters. The van der Waals surface area contributed by atoms with E-state index in [0.717, 1.165) is 24.1 Å². The van der Waals surface area contributed by atoms with Crippen molar-refractivity contribution >= 4 is 5.91 Å². The molecule has 0 unspecified atom stereocenters. The zero-order valence-corrected chi connectivity index (χ0v) is 10.5. The summed E-state index contributed by atoms with van der Waals surface area (Å²) in [7, 11) is 0. The molecule has 0 bridgehead atoms. The van der Waals surface area contributed by atoms with Crippen LogP contribution in [0.25, 0.3) is 5.69 Å². The molecule has 0 aliphatic heterocycles. The van der Waals surface area contributed by atoms with E-state index in [1.54, 1.807) is 10.9 Å². The van der Waals surface area contributed by atoms with E-state index in [1.165, 1.54) is 0 Å². The van der Waals surface area contributed by atoms with Gasteiger partial charge >= 0.3 is 0 Å². The van der Waals surface area contributed by atoms with Crippen LogP contribution in [-0.4, -0.2) is 21.2 Å². The average molecular weight is 256 g/mol. The molecule has 98 valence electrons. The van der Waals surface area contributed by atoms with Gasteiger partial charge in [-0.1, -0.05) is 12.1 Å². The molecule has 1 saturated carbocycles. The van der Waals surface area contributed by atoms with Gasteiger partial charge in [-0.15, -0.1) is 0 Å². The molecule has 2 aromatic rings. The molecule has 19 heavy (non-hydrogen) atoms. The van der Waals surface area contributed by atoms with E-state index in [2.05, 4.69) is 10.4 Å². The summed E-state index contributed by atoms with van der Waals surface area (Å²) in [6, 6.07) is 9.79. The van der Waals surface area contributed by atoms with E-state index >= 15 is 0 Å². The fraction of sp³-hybridized carbons (Fsp3) is 0.286. The first-order valence-electron chi connectivity index (χ1n) is 6.34. The van der Waals surface area contributed by atoms with E-state index in [9.17, 15) is 4.79 Å². The second-order valence-electron chi connectivity index (χ2n) is 4.96. The number of carbonyl (C=O) groups is 1. The molecule has 0 saturated heterocycles. The molecule has 1 amide bonds. The summed E-state index contributed by atoms with van der Waals surface area (Å²) in [5.41, 5.74) is 7.26. The standard InChI is InChI=1S/C14H16N4O/c15-14(6-7-14)13(19)16-10-11-2-4-12(5-3-11)18-9-1-8-17-18/h1-5,8-9H,6-7,10,15H2,(H,16,19). The van der Waals surface area contributed by atoms with Crippen molar-refractivity contribution in [3.05, 3.63) is 48.3 Å². The summed E-state index contributed by atoms with van der Waals surface area (Å²) in [5.74, 6) is -0.0522. The quantitative estimate of drug-likeness (QED) is 0.856. The fourth-order valence-electron chi connectivity index (χ4n) is 1.91. The van der Waals surface area contributed by atoms with Crippen LogP contribution in [0.3, 0.4) is 0 Å². The van der Waals surface area contributed by atoms with Crippen LogP contribution in [0, 0.1) is 0 Å². The Morgan fingerprint density at radius 2 is 2.11 bits per heavy atom. The van der Waals surface area contributed by atoms with Crippen molar-refractivity contribution in [1.29, 1.82) is 0 Å². The van der Waals surface area contributed by atoms with Gasteiger partial charge in [-0.2, -0.15) is 5.10 Å². The maximum absolute atomic E-state index is 11.7. The number of hydrogen-bond donors (Lipinski definition) is 2. The molecule has 0 spiro atoms. The van der Waals surface area contributed by atoms with E-state index in [4.69, 9.17) is 5.73 Å². The first kappa shape index (κ1) is 11.9. The van der Waals surface area contributed by atoms with E-state index < -0.39 is 5.54 Å². The smallest absolute Gasteiger partial charge is 0.240 e. The van der Waals surface area contributed by atoms with Crippen LogP contribution >= 0.6 is 0 Å². The lowest BCUT2D eigenvalue weighted by atomic mass is 10.2. The zero-order valence-electron chi connectivity index (χ0n) is 10.5. The third-order valence-corrected chi connectivity index (χ3v) is 3.40. The Bertz CT molecular complexity index is 570. The molecule has 1 fully saturated rings. The van der Waals surface area contributed by atoms with Crippen LogP contribution < -0.4 is 11.1 Å². The van der Waals surface area contributed by atoms with Gasteiger partial charge in [0.15, 0.2) is 0 Å². The Hall–Kier alpha value is -2.14. The van der Waals surface area contributed by atoms with Gasteiger partial charge in [0.05, 0.1) is 11.2 Å². The lowest BCUT2D eigenvalue weighted by Crippen LogP contribution is -2.42. The Morgan fingerprint density at radius 1 is 1.37 bits per heavy atom. The predicted octanol–water partition coefficient (Wildman–Crippen LogP) is 0.980. The van der Waals surface area contributed by atoms with Crippen molar-refractivity contribution < 1.29 is 4.79 Å². The number of amides is 1. The zero-order chi connectivity index (χ0) is 13.3. The molecule has 1 heterocycles. The minimum atomic E-state index is -0.602. The maximum Gasteiger partial charge on any atom is 0.240 e. The topological polar surface area (TPSA) is 72.9 Å². The number of nitrogens with zero attached hydrogens (tertiary/aromatic N) is 2. The molecule has 1 aliphatic rings. The lowest BCUT2D eigenvalue weighted by Gasteiger charge is -2.10. The molecule has 1 aromatic heterocycles. The molecular formula is C14H16N4O. The second-order valence-corrected chi connectivity index (χ2v) is 4.96. The summed E-state index contributed by atoms with van der Waals surface area (Å²) >= 11 is 0. The van der Waals surface area contributed by atoms with Crippen LogP contribution in [0.5, 0.6) is 0 Å². The molecule has 1 aromatic carbocycles. The maximum atomic E-state index is 11.7. The number of aromatic nitrogens is 2. The van der Waals surface area contributed by atoms with Crippen molar-refractivity contribution in [2.24, 2.45) is 5.73 Å². The summed E-state index contributed by atoms with van der Waals surface area (Å²) in [6.45, 7) is 0.511. The summed E-state index contributed by atoms with van der Waals surface area (Å²) in [6.07, 6.45) is 5.21. The highest BCUT2D eigenvalue weighted by Gasteiger charge is 2.45. The van der Waals surface area contributed by atoms with Gasteiger partial charge in [-0.3, -0.25) is 4.79 Å². The first-order chi connectivity index (χ1) is 9.17. The van der Waals surface area contributed by atoms with Crippen LogP contribution in [-0.2, 0) is 11.3 Å². The minimum Gasteiger partial charge on any atom is -0.350 e. The number of rotatable bonds is 4. The molecular weight excluding hydrogens is 240 g/mol. The van der Waals surface area contributed by atoms with Gasteiger partial charge in [-0.05, 0) is 36.6 Å². The highest BCUT2D eigenvalue weighted by molar-refractivity contribution is 5.88. The minimum absolute atomic E-state index is 0.0522. The van der Waals surface area contributed by atoms with Gasteiger partial charge in [0.1, 0.15) is 0 Å². The van der Waals surface area contributed by atoms with Crippen molar-refractivity contribution in [3.8, 4) is 5.69 Å². The van der Waals surface area contributed by atoms with Gasteiger partial charge in [0, 0.05) is 18.9 Å². The highest BCUT2D eigenvalue weighted by Crippen LogP contribution is 2.32. The molecule has 0 radical (unpaired) electrons. The molecule has 5 heteroatoms. The molecule has 3 N–H and O–H groups in total. The predicted molar refractivity (Wildman–Crippen MR) is 71.6 cm³/mol. The van der Waals surface area contributed by atoms with Crippen molar-refractivity contribution in [3.63, 3.8) is 0 Å². The Morgan fingerprint density at radius 3 is 2.68 bits per heavy atom. The van der Waals surface area contributed by atoms with Crippen molar-refractivity contribution in [2.45, 2.75) is 24.9 Å². The monoisotopic (exact) mass is 256 g/mol. The van der Waals surface area contributed by atoms with E-state index in [0.29, 0.717) is 6.54 Å². The fourth-order valence-corrected chi connectivity index (χ4v) is 1.91. The van der Waals surface area contributed by atoms with Gasteiger partial charge < -0.3 is 11.1 Å². The Balaban J connectivity index is 1.62. The largest absolute Gasteiger partial charge is 0.350 e. The number of hydrogen-bond acceptors (Lipinski definition) is 3. The molecule has 3 rings (SSSR count).